The van der Waals surface area contributed by atoms with Crippen molar-refractivity contribution in [2.24, 2.45) is 10.8 Å². The van der Waals surface area contributed by atoms with Crippen LogP contribution in [-0.2, 0) is 0 Å². The van der Waals surface area contributed by atoms with E-state index >= 15 is 0 Å². The average molecular weight is 633 g/mol. The standard InChI is InChI=1S/C42H40N4O2/c1-41(2)24-30(44-40(48)34-23-38(29-16-8-5-9-17-29)46-36-21-13-11-19-32(34)36)25-42(3,26-41)27-43-39(47)33-22-37(28-14-6-4-7-15-28)45-35-20-12-10-18-31(33)35/h4-23,30H,24-27H2,1-3H3,(H,43,47)(H,44,48)/t30-,42+/m1/s1. The highest BCUT2D eigenvalue weighted by molar-refractivity contribution is 6.08. The quantitative estimate of drug-likeness (QED) is 0.184. The second kappa shape index (κ2) is 12.7. The molecule has 0 aliphatic heterocycles. The fourth-order valence-electron chi connectivity index (χ4n) is 7.76. The van der Waals surface area contributed by atoms with Crippen LogP contribution in [0.25, 0.3) is 44.3 Å². The van der Waals surface area contributed by atoms with Crippen LogP contribution < -0.4 is 10.6 Å². The minimum atomic E-state index is -0.226. The van der Waals surface area contributed by atoms with Gasteiger partial charge in [0.2, 0.25) is 0 Å². The van der Waals surface area contributed by atoms with Crippen molar-refractivity contribution < 1.29 is 9.59 Å². The number of carbonyl (C=O) groups excluding carboxylic acids is 2. The van der Waals surface area contributed by atoms with E-state index in [2.05, 4.69) is 31.4 Å². The van der Waals surface area contributed by atoms with Gasteiger partial charge < -0.3 is 10.6 Å². The molecule has 240 valence electrons. The van der Waals surface area contributed by atoms with Crippen LogP contribution in [0.3, 0.4) is 0 Å². The van der Waals surface area contributed by atoms with E-state index in [0.717, 1.165) is 63.6 Å². The molecular formula is C42H40N4O2. The molecule has 6 nitrogen and oxygen atoms in total. The molecular weight excluding hydrogens is 592 g/mol. The van der Waals surface area contributed by atoms with Crippen LogP contribution in [0.15, 0.2) is 121 Å². The van der Waals surface area contributed by atoms with Crippen molar-refractivity contribution in [2.45, 2.75) is 46.1 Å². The average Bonchev–Trinajstić information content (AvgIpc) is 3.09. The number of rotatable bonds is 7. The summed E-state index contributed by atoms with van der Waals surface area (Å²) in [5.74, 6) is -0.218. The Morgan fingerprint density at radius 3 is 1.67 bits per heavy atom. The zero-order valence-electron chi connectivity index (χ0n) is 27.7. The van der Waals surface area contributed by atoms with Gasteiger partial charge in [-0.05, 0) is 54.4 Å². The van der Waals surface area contributed by atoms with Crippen molar-refractivity contribution in [3.8, 4) is 22.5 Å². The topological polar surface area (TPSA) is 84.0 Å². The summed E-state index contributed by atoms with van der Waals surface area (Å²) in [6, 6.07) is 39.3. The molecule has 1 fully saturated rings. The van der Waals surface area contributed by atoms with Crippen LogP contribution >= 0.6 is 0 Å². The molecule has 2 atom stereocenters. The molecule has 0 spiro atoms. The van der Waals surface area contributed by atoms with Crippen LogP contribution in [-0.4, -0.2) is 34.4 Å². The van der Waals surface area contributed by atoms with E-state index < -0.39 is 0 Å². The van der Waals surface area contributed by atoms with Crippen LogP contribution in [0.4, 0.5) is 0 Å². The molecule has 2 aromatic heterocycles. The monoisotopic (exact) mass is 632 g/mol. The van der Waals surface area contributed by atoms with Crippen LogP contribution in [0, 0.1) is 10.8 Å². The van der Waals surface area contributed by atoms with E-state index in [1.54, 1.807) is 0 Å². The molecule has 0 bridgehead atoms. The number of fused-ring (bicyclic) bond motifs is 2. The number of hydrogen-bond acceptors (Lipinski definition) is 4. The highest BCUT2D eigenvalue weighted by Crippen LogP contribution is 2.46. The molecule has 1 aliphatic carbocycles. The number of amides is 2. The van der Waals surface area contributed by atoms with Gasteiger partial charge in [-0.15, -0.1) is 0 Å². The molecule has 6 heteroatoms. The lowest BCUT2D eigenvalue weighted by atomic mass is 9.62. The summed E-state index contributed by atoms with van der Waals surface area (Å²) in [7, 11) is 0. The highest BCUT2D eigenvalue weighted by Gasteiger charge is 2.42. The van der Waals surface area contributed by atoms with Gasteiger partial charge in [-0.1, -0.05) is 118 Å². The molecule has 48 heavy (non-hydrogen) atoms. The van der Waals surface area contributed by atoms with Crippen molar-refractivity contribution in [3.63, 3.8) is 0 Å². The van der Waals surface area contributed by atoms with Crippen molar-refractivity contribution in [1.82, 2.24) is 20.6 Å². The minimum absolute atomic E-state index is 0.0327. The predicted octanol–water partition coefficient (Wildman–Crippen LogP) is 8.86. The Balaban J connectivity index is 1.12. The maximum atomic E-state index is 14.0. The third-order valence-electron chi connectivity index (χ3n) is 9.52. The SMILES string of the molecule is CC1(C)C[C@@H](NC(=O)c2cc(-c3ccccc3)nc3ccccc23)C[C@](C)(CNC(=O)c2cc(-c3ccccc3)nc3ccccc23)C1. The summed E-state index contributed by atoms with van der Waals surface area (Å²) >= 11 is 0. The van der Waals surface area contributed by atoms with Gasteiger partial charge >= 0.3 is 0 Å². The van der Waals surface area contributed by atoms with Gasteiger partial charge in [0.25, 0.3) is 11.8 Å². The lowest BCUT2D eigenvalue weighted by Crippen LogP contribution is -2.50. The van der Waals surface area contributed by atoms with E-state index in [-0.39, 0.29) is 28.7 Å². The number of nitrogens with zero attached hydrogens (tertiary/aromatic N) is 2. The van der Waals surface area contributed by atoms with Crippen molar-refractivity contribution in [1.29, 1.82) is 0 Å². The summed E-state index contributed by atoms with van der Waals surface area (Å²) in [6.45, 7) is 7.23. The van der Waals surface area contributed by atoms with Crippen molar-refractivity contribution in [3.05, 3.63) is 132 Å². The van der Waals surface area contributed by atoms with E-state index in [1.807, 2.05) is 121 Å². The largest absolute Gasteiger partial charge is 0.351 e. The van der Waals surface area contributed by atoms with Crippen LogP contribution in [0.5, 0.6) is 0 Å². The van der Waals surface area contributed by atoms with Crippen molar-refractivity contribution >= 4 is 33.6 Å². The van der Waals surface area contributed by atoms with Crippen molar-refractivity contribution in [2.75, 3.05) is 6.54 Å². The number of carbonyl (C=O) groups is 2. The lowest BCUT2D eigenvalue weighted by molar-refractivity contribution is 0.0593. The molecule has 6 aromatic rings. The second-order valence-electron chi connectivity index (χ2n) is 14.3. The number of aromatic nitrogens is 2. The normalized spacial score (nSPS) is 18.8. The number of nitrogens with one attached hydrogen (secondary N) is 2. The minimum Gasteiger partial charge on any atom is -0.351 e. The fraction of sp³-hybridized carbons (Fsp3) is 0.238. The van der Waals surface area contributed by atoms with Gasteiger partial charge in [0.15, 0.2) is 0 Å². The molecule has 0 radical (unpaired) electrons. The third kappa shape index (κ3) is 6.56. The van der Waals surface area contributed by atoms with E-state index in [1.165, 1.54) is 0 Å². The Bertz CT molecular complexity index is 2130. The highest BCUT2D eigenvalue weighted by atomic mass is 16.2. The number of pyridine rings is 2. The number of hydrogen-bond donors (Lipinski definition) is 2. The summed E-state index contributed by atoms with van der Waals surface area (Å²) in [6.07, 6.45) is 2.53. The predicted molar refractivity (Wildman–Crippen MR) is 194 cm³/mol. The Morgan fingerprint density at radius 2 is 1.12 bits per heavy atom. The van der Waals surface area contributed by atoms with E-state index in [9.17, 15) is 9.59 Å². The molecule has 7 rings (SSSR count). The smallest absolute Gasteiger partial charge is 0.252 e. The van der Waals surface area contributed by atoms with Crippen LogP contribution in [0.1, 0.15) is 60.7 Å². The number of benzene rings is 4. The second-order valence-corrected chi connectivity index (χ2v) is 14.3. The molecule has 0 unspecified atom stereocenters. The molecule has 2 heterocycles. The first kappa shape index (κ1) is 31.3. The van der Waals surface area contributed by atoms with E-state index in [0.29, 0.717) is 17.7 Å². The molecule has 2 amide bonds. The van der Waals surface area contributed by atoms with E-state index in [4.69, 9.17) is 9.97 Å². The first-order valence-corrected chi connectivity index (χ1v) is 16.7. The third-order valence-corrected chi connectivity index (χ3v) is 9.52. The van der Waals surface area contributed by atoms with Gasteiger partial charge in [-0.25, -0.2) is 9.97 Å². The summed E-state index contributed by atoms with van der Waals surface area (Å²) in [4.78, 5) is 37.6. The fourth-order valence-corrected chi connectivity index (χ4v) is 7.76. The number of para-hydroxylation sites is 2. The molecule has 2 N–H and O–H groups in total. The first-order valence-electron chi connectivity index (χ1n) is 16.7. The lowest BCUT2D eigenvalue weighted by Gasteiger charge is -2.47. The van der Waals surface area contributed by atoms with Gasteiger partial charge in [-0.2, -0.15) is 0 Å². The Labute approximate surface area is 281 Å². The van der Waals surface area contributed by atoms with Gasteiger partial charge in [0, 0.05) is 34.5 Å². The Kier molecular flexibility index (Phi) is 8.26. The Morgan fingerprint density at radius 1 is 0.646 bits per heavy atom. The van der Waals surface area contributed by atoms with Gasteiger partial charge in [0.05, 0.1) is 33.5 Å². The molecule has 1 saturated carbocycles. The Hall–Kier alpha value is -5.36. The summed E-state index contributed by atoms with van der Waals surface area (Å²) in [5.41, 5.74) is 6.03. The zero-order valence-corrected chi connectivity index (χ0v) is 27.7. The maximum absolute atomic E-state index is 14.0. The zero-order chi connectivity index (χ0) is 33.3. The molecule has 1 aliphatic rings. The van der Waals surface area contributed by atoms with Gasteiger partial charge in [0.1, 0.15) is 0 Å². The van der Waals surface area contributed by atoms with Gasteiger partial charge in [-0.3, -0.25) is 9.59 Å². The summed E-state index contributed by atoms with van der Waals surface area (Å²) in [5, 5.41) is 8.34. The first-order chi connectivity index (χ1) is 23.2. The van der Waals surface area contributed by atoms with Crippen LogP contribution in [0.2, 0.25) is 0 Å². The molecule has 4 aromatic carbocycles. The maximum Gasteiger partial charge on any atom is 0.252 e. The molecule has 0 saturated heterocycles. The summed E-state index contributed by atoms with van der Waals surface area (Å²) < 4.78 is 0.